The molecule has 0 unspecified atom stereocenters. The van der Waals surface area contributed by atoms with E-state index in [0.717, 1.165) is 12.8 Å². The minimum atomic E-state index is -1.23. The first-order chi connectivity index (χ1) is 7.38. The SMILES string of the molecule is CC1(C)CCCN1C(=O)N[C@H](CO)C(=O)O. The van der Waals surface area contributed by atoms with Crippen LogP contribution in [0, 0.1) is 0 Å². The highest BCUT2D eigenvalue weighted by atomic mass is 16.4. The van der Waals surface area contributed by atoms with Crippen molar-refractivity contribution in [3.63, 3.8) is 0 Å². The van der Waals surface area contributed by atoms with Crippen molar-refractivity contribution in [1.29, 1.82) is 0 Å². The maximum Gasteiger partial charge on any atom is 0.328 e. The van der Waals surface area contributed by atoms with E-state index in [1.807, 2.05) is 13.8 Å². The predicted molar refractivity (Wildman–Crippen MR) is 57.1 cm³/mol. The van der Waals surface area contributed by atoms with Crippen molar-refractivity contribution in [2.24, 2.45) is 0 Å². The number of carboxylic acid groups (broad SMARTS) is 1. The van der Waals surface area contributed by atoms with Gasteiger partial charge in [-0.15, -0.1) is 0 Å². The summed E-state index contributed by atoms with van der Waals surface area (Å²) in [4.78, 5) is 24.0. The fourth-order valence-corrected chi connectivity index (χ4v) is 1.90. The number of aliphatic carboxylic acids is 1. The highest BCUT2D eigenvalue weighted by molar-refractivity contribution is 5.83. The molecule has 0 bridgehead atoms. The lowest BCUT2D eigenvalue weighted by Gasteiger charge is -2.32. The smallest absolute Gasteiger partial charge is 0.328 e. The summed E-state index contributed by atoms with van der Waals surface area (Å²) in [5, 5.41) is 19.8. The molecule has 6 nitrogen and oxygen atoms in total. The minimum Gasteiger partial charge on any atom is -0.480 e. The average Bonchev–Trinajstić information content (AvgIpc) is 2.53. The molecular weight excluding hydrogens is 212 g/mol. The van der Waals surface area contributed by atoms with Crippen molar-refractivity contribution in [3.8, 4) is 0 Å². The van der Waals surface area contributed by atoms with Gasteiger partial charge in [-0.05, 0) is 26.7 Å². The number of carbonyl (C=O) groups is 2. The van der Waals surface area contributed by atoms with Crippen molar-refractivity contribution < 1.29 is 19.8 Å². The van der Waals surface area contributed by atoms with E-state index in [2.05, 4.69) is 5.32 Å². The Hall–Kier alpha value is -1.30. The number of amides is 2. The molecule has 0 aliphatic carbocycles. The quantitative estimate of drug-likeness (QED) is 0.637. The molecule has 1 aliphatic rings. The van der Waals surface area contributed by atoms with Crippen LogP contribution in [-0.4, -0.2) is 51.8 Å². The van der Waals surface area contributed by atoms with Gasteiger partial charge in [0.25, 0.3) is 0 Å². The first-order valence-electron chi connectivity index (χ1n) is 5.30. The second kappa shape index (κ2) is 4.69. The summed E-state index contributed by atoms with van der Waals surface area (Å²) in [6, 6.07) is -1.66. The Bertz CT molecular complexity index is 291. The van der Waals surface area contributed by atoms with Gasteiger partial charge in [0.1, 0.15) is 0 Å². The Balaban J connectivity index is 2.61. The molecule has 0 radical (unpaired) electrons. The van der Waals surface area contributed by atoms with E-state index < -0.39 is 24.6 Å². The van der Waals surface area contributed by atoms with Crippen LogP contribution in [0.25, 0.3) is 0 Å². The molecule has 0 saturated carbocycles. The zero-order valence-electron chi connectivity index (χ0n) is 9.56. The van der Waals surface area contributed by atoms with Gasteiger partial charge in [-0.1, -0.05) is 0 Å². The number of hydrogen-bond donors (Lipinski definition) is 3. The van der Waals surface area contributed by atoms with Crippen molar-refractivity contribution >= 4 is 12.0 Å². The Morgan fingerprint density at radius 3 is 2.50 bits per heavy atom. The largest absolute Gasteiger partial charge is 0.480 e. The Kier molecular flexibility index (Phi) is 3.74. The van der Waals surface area contributed by atoms with Crippen LogP contribution in [0.1, 0.15) is 26.7 Å². The summed E-state index contributed by atoms with van der Waals surface area (Å²) >= 11 is 0. The molecule has 0 spiro atoms. The normalized spacial score (nSPS) is 20.6. The highest BCUT2D eigenvalue weighted by Crippen LogP contribution is 2.27. The number of aliphatic hydroxyl groups is 1. The van der Waals surface area contributed by atoms with E-state index in [1.165, 1.54) is 0 Å². The van der Waals surface area contributed by atoms with E-state index in [1.54, 1.807) is 4.90 Å². The van der Waals surface area contributed by atoms with Crippen LogP contribution in [0.2, 0.25) is 0 Å². The molecule has 1 atom stereocenters. The summed E-state index contributed by atoms with van der Waals surface area (Å²) < 4.78 is 0. The molecule has 1 fully saturated rings. The number of hydrogen-bond acceptors (Lipinski definition) is 3. The lowest BCUT2D eigenvalue weighted by Crippen LogP contribution is -2.53. The van der Waals surface area contributed by atoms with Crippen molar-refractivity contribution in [1.82, 2.24) is 10.2 Å². The van der Waals surface area contributed by atoms with Gasteiger partial charge in [0.2, 0.25) is 0 Å². The van der Waals surface area contributed by atoms with Crippen LogP contribution in [0.15, 0.2) is 0 Å². The third-order valence-electron chi connectivity index (χ3n) is 2.92. The number of urea groups is 1. The van der Waals surface area contributed by atoms with Gasteiger partial charge >= 0.3 is 12.0 Å². The van der Waals surface area contributed by atoms with E-state index in [4.69, 9.17) is 10.2 Å². The van der Waals surface area contributed by atoms with Gasteiger partial charge in [-0.3, -0.25) is 0 Å². The molecule has 0 aromatic heterocycles. The fourth-order valence-electron chi connectivity index (χ4n) is 1.90. The maximum atomic E-state index is 11.8. The number of carbonyl (C=O) groups excluding carboxylic acids is 1. The van der Waals surface area contributed by atoms with Crippen LogP contribution in [-0.2, 0) is 4.79 Å². The fraction of sp³-hybridized carbons (Fsp3) is 0.800. The van der Waals surface area contributed by atoms with Gasteiger partial charge < -0.3 is 20.4 Å². The van der Waals surface area contributed by atoms with Crippen LogP contribution in [0.5, 0.6) is 0 Å². The van der Waals surface area contributed by atoms with Crippen LogP contribution < -0.4 is 5.32 Å². The van der Waals surface area contributed by atoms with Gasteiger partial charge in [-0.2, -0.15) is 0 Å². The monoisotopic (exact) mass is 230 g/mol. The number of nitrogens with zero attached hydrogens (tertiary/aromatic N) is 1. The molecule has 2 amide bonds. The van der Waals surface area contributed by atoms with Crippen LogP contribution >= 0.6 is 0 Å². The van der Waals surface area contributed by atoms with E-state index in [-0.39, 0.29) is 5.54 Å². The lowest BCUT2D eigenvalue weighted by atomic mass is 10.0. The first kappa shape index (κ1) is 12.8. The summed E-state index contributed by atoms with van der Waals surface area (Å²) in [5.41, 5.74) is -0.247. The second-order valence-electron chi connectivity index (χ2n) is 4.59. The molecule has 92 valence electrons. The van der Waals surface area contributed by atoms with Crippen molar-refractivity contribution in [3.05, 3.63) is 0 Å². The molecule has 1 rings (SSSR count). The summed E-state index contributed by atoms with van der Waals surface area (Å²) in [6.45, 7) is 3.90. The number of likely N-dealkylation sites (tertiary alicyclic amines) is 1. The van der Waals surface area contributed by atoms with Crippen LogP contribution in [0.3, 0.4) is 0 Å². The van der Waals surface area contributed by atoms with Crippen molar-refractivity contribution in [2.45, 2.75) is 38.3 Å². The van der Waals surface area contributed by atoms with Gasteiger partial charge in [0.05, 0.1) is 6.61 Å². The van der Waals surface area contributed by atoms with Gasteiger partial charge in [0, 0.05) is 12.1 Å². The predicted octanol–water partition coefficient (Wildman–Crippen LogP) is 0.0159. The molecule has 0 aromatic carbocycles. The van der Waals surface area contributed by atoms with E-state index >= 15 is 0 Å². The number of carboxylic acids is 1. The molecule has 6 heteroatoms. The van der Waals surface area contributed by atoms with E-state index in [0.29, 0.717) is 6.54 Å². The Morgan fingerprint density at radius 2 is 2.12 bits per heavy atom. The third kappa shape index (κ3) is 2.63. The number of rotatable bonds is 3. The van der Waals surface area contributed by atoms with Gasteiger partial charge in [0.15, 0.2) is 6.04 Å². The minimum absolute atomic E-state index is 0.247. The zero-order valence-corrected chi connectivity index (χ0v) is 9.56. The molecular formula is C10H18N2O4. The summed E-state index contributed by atoms with van der Waals surface area (Å²) in [5.74, 6) is -1.23. The van der Waals surface area contributed by atoms with Gasteiger partial charge in [-0.25, -0.2) is 9.59 Å². The zero-order chi connectivity index (χ0) is 12.3. The molecule has 3 N–H and O–H groups in total. The summed E-state index contributed by atoms with van der Waals surface area (Å²) in [7, 11) is 0. The topological polar surface area (TPSA) is 89.9 Å². The first-order valence-corrected chi connectivity index (χ1v) is 5.30. The van der Waals surface area contributed by atoms with Crippen LogP contribution in [0.4, 0.5) is 4.79 Å². The standard InChI is InChI=1S/C10H18N2O4/c1-10(2)4-3-5-12(10)9(16)11-7(6-13)8(14)15/h7,13H,3-6H2,1-2H3,(H,11,16)(H,14,15)/t7-/m1/s1. The molecule has 0 aromatic rings. The van der Waals surface area contributed by atoms with E-state index in [9.17, 15) is 9.59 Å². The number of nitrogens with one attached hydrogen (secondary N) is 1. The molecule has 16 heavy (non-hydrogen) atoms. The summed E-state index contributed by atoms with van der Waals surface area (Å²) in [6.07, 6.45) is 1.81. The Morgan fingerprint density at radius 1 is 1.50 bits per heavy atom. The second-order valence-corrected chi connectivity index (χ2v) is 4.59. The van der Waals surface area contributed by atoms with Crippen molar-refractivity contribution in [2.75, 3.05) is 13.2 Å². The highest BCUT2D eigenvalue weighted by Gasteiger charge is 2.36. The third-order valence-corrected chi connectivity index (χ3v) is 2.92. The molecule has 1 aliphatic heterocycles. The number of aliphatic hydroxyl groups excluding tert-OH is 1. The maximum absolute atomic E-state index is 11.8. The Labute approximate surface area is 94.2 Å². The molecule has 1 heterocycles. The average molecular weight is 230 g/mol. The lowest BCUT2D eigenvalue weighted by molar-refractivity contribution is -0.140. The molecule has 1 saturated heterocycles.